The summed E-state index contributed by atoms with van der Waals surface area (Å²) in [5.41, 5.74) is 1.62. The predicted molar refractivity (Wildman–Crippen MR) is 113 cm³/mol. The number of aliphatic hydroxyl groups is 3. The third kappa shape index (κ3) is 3.68. The average Bonchev–Trinajstić information content (AvgIpc) is 2.81. The molecule has 4 heteroatoms. The highest BCUT2D eigenvalue weighted by Crippen LogP contribution is 2.63. The average molecular weight is 401 g/mol. The van der Waals surface area contributed by atoms with Crippen molar-refractivity contribution in [3.8, 4) is 0 Å². The van der Waals surface area contributed by atoms with Crippen LogP contribution in [0.5, 0.6) is 0 Å². The molecule has 4 rings (SSSR count). The molecule has 8 unspecified atom stereocenters. The van der Waals surface area contributed by atoms with E-state index in [1.165, 1.54) is 11.1 Å². The van der Waals surface area contributed by atoms with Crippen LogP contribution in [0.15, 0.2) is 35.5 Å². The Bertz CT molecular complexity index is 759. The van der Waals surface area contributed by atoms with Crippen LogP contribution in [-0.2, 0) is 4.79 Å². The van der Waals surface area contributed by atoms with Crippen LogP contribution in [0, 0.1) is 29.1 Å². The number of carbonyl (C=O) groups is 1. The van der Waals surface area contributed by atoms with E-state index in [1.807, 2.05) is 13.0 Å². The lowest BCUT2D eigenvalue weighted by Gasteiger charge is -2.49. The summed E-state index contributed by atoms with van der Waals surface area (Å²) in [6.45, 7) is 5.86. The monoisotopic (exact) mass is 400 g/mol. The van der Waals surface area contributed by atoms with Crippen LogP contribution in [-0.4, -0.2) is 38.9 Å². The molecule has 4 aliphatic rings. The van der Waals surface area contributed by atoms with Gasteiger partial charge in [0.05, 0.1) is 17.8 Å². The molecular weight excluding hydrogens is 364 g/mol. The van der Waals surface area contributed by atoms with E-state index in [0.29, 0.717) is 24.7 Å². The third-order valence-electron chi connectivity index (χ3n) is 8.38. The molecule has 3 N–H and O–H groups in total. The summed E-state index contributed by atoms with van der Waals surface area (Å²) in [6, 6.07) is 0. The molecule has 0 amide bonds. The Balaban J connectivity index is 1.67. The first-order valence-electron chi connectivity index (χ1n) is 11.3. The minimum atomic E-state index is -0.973. The maximum atomic E-state index is 13.0. The highest BCUT2D eigenvalue weighted by atomic mass is 16.3. The fourth-order valence-electron chi connectivity index (χ4n) is 6.95. The molecule has 0 radical (unpaired) electrons. The van der Waals surface area contributed by atoms with Gasteiger partial charge in [0, 0.05) is 11.8 Å². The van der Waals surface area contributed by atoms with E-state index in [1.54, 1.807) is 19.1 Å². The van der Waals surface area contributed by atoms with Gasteiger partial charge in [0.1, 0.15) is 0 Å². The maximum Gasteiger partial charge on any atom is 0.159 e. The zero-order valence-electron chi connectivity index (χ0n) is 18.0. The molecule has 0 aliphatic heterocycles. The topological polar surface area (TPSA) is 77.8 Å². The first-order chi connectivity index (χ1) is 13.6. The molecular formula is C25H36O4. The highest BCUT2D eigenvalue weighted by molar-refractivity contribution is 5.93. The fraction of sp³-hybridized carbons (Fsp3) is 0.720. The summed E-state index contributed by atoms with van der Waals surface area (Å²) in [5.74, 6) is 0.838. The Kier molecular flexibility index (Phi) is 5.42. The molecule has 8 atom stereocenters. The van der Waals surface area contributed by atoms with Crippen molar-refractivity contribution in [2.45, 2.75) is 83.5 Å². The molecule has 0 aromatic heterocycles. The number of hydrogen-bond acceptors (Lipinski definition) is 4. The van der Waals surface area contributed by atoms with Crippen LogP contribution in [0.3, 0.4) is 0 Å². The second kappa shape index (κ2) is 7.47. The molecule has 0 aromatic carbocycles. The van der Waals surface area contributed by atoms with Gasteiger partial charge in [-0.15, -0.1) is 0 Å². The van der Waals surface area contributed by atoms with Gasteiger partial charge in [0.25, 0.3) is 0 Å². The molecule has 2 saturated carbocycles. The van der Waals surface area contributed by atoms with Crippen molar-refractivity contribution in [2.75, 3.05) is 0 Å². The van der Waals surface area contributed by atoms with E-state index in [4.69, 9.17) is 0 Å². The van der Waals surface area contributed by atoms with Gasteiger partial charge in [-0.1, -0.05) is 36.3 Å². The van der Waals surface area contributed by atoms with Gasteiger partial charge < -0.3 is 15.3 Å². The first-order valence-corrected chi connectivity index (χ1v) is 11.3. The number of fused-ring (bicyclic) bond motifs is 6. The summed E-state index contributed by atoms with van der Waals surface area (Å²) in [4.78, 5) is 13.0. The lowest BCUT2D eigenvalue weighted by molar-refractivity contribution is -0.119. The molecule has 0 aromatic rings. The second-order valence-electron chi connectivity index (χ2n) is 10.5. The molecule has 4 nitrogen and oxygen atoms in total. The van der Waals surface area contributed by atoms with Crippen LogP contribution in [0.4, 0.5) is 0 Å². The van der Waals surface area contributed by atoms with Crippen LogP contribution in [0.2, 0.25) is 0 Å². The lowest BCUT2D eigenvalue weighted by atomic mass is 9.57. The van der Waals surface area contributed by atoms with Crippen LogP contribution in [0.1, 0.15) is 65.7 Å². The van der Waals surface area contributed by atoms with E-state index >= 15 is 0 Å². The van der Waals surface area contributed by atoms with Crippen molar-refractivity contribution in [3.05, 3.63) is 35.5 Å². The van der Waals surface area contributed by atoms with Gasteiger partial charge in [-0.3, -0.25) is 4.79 Å². The van der Waals surface area contributed by atoms with Crippen molar-refractivity contribution >= 4 is 5.78 Å². The Morgan fingerprint density at radius 1 is 1.31 bits per heavy atom. The van der Waals surface area contributed by atoms with E-state index in [-0.39, 0.29) is 23.0 Å². The second-order valence-corrected chi connectivity index (χ2v) is 10.5. The zero-order valence-corrected chi connectivity index (χ0v) is 18.0. The minimum absolute atomic E-state index is 0.0519. The Hall–Kier alpha value is -1.23. The summed E-state index contributed by atoms with van der Waals surface area (Å²) in [7, 11) is 0. The van der Waals surface area contributed by atoms with Gasteiger partial charge >= 0.3 is 0 Å². The molecule has 0 heterocycles. The predicted octanol–water partition coefficient (Wildman–Crippen LogP) is 3.71. The quantitative estimate of drug-likeness (QED) is 0.631. The molecule has 2 bridgehead atoms. The number of carbonyl (C=O) groups excluding carboxylic acids is 1. The van der Waals surface area contributed by atoms with Crippen molar-refractivity contribution in [1.82, 2.24) is 0 Å². The Labute approximate surface area is 174 Å². The van der Waals surface area contributed by atoms with Crippen molar-refractivity contribution in [3.63, 3.8) is 0 Å². The minimum Gasteiger partial charge on any atom is -0.393 e. The Morgan fingerprint density at radius 3 is 2.79 bits per heavy atom. The van der Waals surface area contributed by atoms with E-state index < -0.39 is 17.8 Å². The smallest absolute Gasteiger partial charge is 0.159 e. The van der Waals surface area contributed by atoms with Crippen molar-refractivity contribution in [2.24, 2.45) is 29.1 Å². The number of allylic oxidation sites excluding steroid dienone is 3. The molecule has 4 aliphatic carbocycles. The van der Waals surface area contributed by atoms with Gasteiger partial charge in [-0.2, -0.15) is 0 Å². The normalized spacial score (nSPS) is 42.8. The van der Waals surface area contributed by atoms with Crippen LogP contribution >= 0.6 is 0 Å². The van der Waals surface area contributed by atoms with E-state index in [0.717, 1.165) is 32.1 Å². The number of hydrogen-bond donors (Lipinski definition) is 3. The molecule has 0 saturated heterocycles. The summed E-state index contributed by atoms with van der Waals surface area (Å²) >= 11 is 0. The lowest BCUT2D eigenvalue weighted by Crippen LogP contribution is -2.45. The molecule has 2 fully saturated rings. The molecule has 0 spiro atoms. The summed E-state index contributed by atoms with van der Waals surface area (Å²) < 4.78 is 0. The number of aliphatic hydroxyl groups excluding tert-OH is 2. The maximum absolute atomic E-state index is 13.0. The highest BCUT2D eigenvalue weighted by Gasteiger charge is 2.57. The van der Waals surface area contributed by atoms with Crippen molar-refractivity contribution in [1.29, 1.82) is 0 Å². The molecule has 29 heavy (non-hydrogen) atoms. The van der Waals surface area contributed by atoms with Gasteiger partial charge in [-0.25, -0.2) is 0 Å². The number of rotatable bonds is 3. The van der Waals surface area contributed by atoms with E-state index in [2.05, 4.69) is 13.0 Å². The standard InChI is InChI=1S/C25H36O4/c1-15(26)8-11-25(3,29)23-7-6-21-20-14-22(28)17-12-16(4-5-18(27)13-17)19(20)9-10-24(21,23)2/h4,8,11,14-15,17-19,21,23,26-27,29H,5-7,9-10,12-13H2,1-3H3. The van der Waals surface area contributed by atoms with Gasteiger partial charge in [-0.05, 0) is 82.1 Å². The van der Waals surface area contributed by atoms with E-state index in [9.17, 15) is 20.1 Å². The van der Waals surface area contributed by atoms with Crippen LogP contribution < -0.4 is 0 Å². The fourth-order valence-corrected chi connectivity index (χ4v) is 6.95. The molecule has 160 valence electrons. The van der Waals surface area contributed by atoms with Gasteiger partial charge in [0.2, 0.25) is 0 Å². The third-order valence-corrected chi connectivity index (χ3v) is 8.38. The van der Waals surface area contributed by atoms with Crippen molar-refractivity contribution < 1.29 is 20.1 Å². The first kappa shape index (κ1) is 21.0. The number of ketones is 1. The SMILES string of the molecule is CC(O)C=CC(C)(O)C1CCC2C3=CC(=O)C4CC(=CCC(O)C4)C3CCC21C. The van der Waals surface area contributed by atoms with Gasteiger partial charge in [0.15, 0.2) is 5.78 Å². The van der Waals surface area contributed by atoms with Crippen LogP contribution in [0.25, 0.3) is 0 Å². The summed E-state index contributed by atoms with van der Waals surface area (Å²) in [6.07, 6.45) is 12.6. The zero-order chi connectivity index (χ0) is 21.0. The Morgan fingerprint density at radius 2 is 2.07 bits per heavy atom. The largest absolute Gasteiger partial charge is 0.393 e. The summed E-state index contributed by atoms with van der Waals surface area (Å²) in [5, 5.41) is 31.1.